The molecule has 7 nitrogen and oxygen atoms in total. The van der Waals surface area contributed by atoms with E-state index in [0.29, 0.717) is 30.2 Å². The Kier molecular flexibility index (Phi) is 7.29. The maximum Gasteiger partial charge on any atom is 0.198 e. The third-order valence-corrected chi connectivity index (χ3v) is 6.03. The average Bonchev–Trinajstić information content (AvgIpc) is 3.49. The number of nitrogen functional groups attached to an aromatic ring is 1. The first kappa shape index (κ1) is 23.9. The molecule has 1 aromatic heterocycles. The molecule has 2 aromatic carbocycles. The molecule has 0 radical (unpaired) electrons. The summed E-state index contributed by atoms with van der Waals surface area (Å²) in [5.41, 5.74) is 7.50. The predicted octanol–water partition coefficient (Wildman–Crippen LogP) is 4.92. The van der Waals surface area contributed by atoms with Crippen LogP contribution in [0.15, 0.2) is 54.7 Å². The Balaban J connectivity index is 0.00000133. The van der Waals surface area contributed by atoms with Crippen molar-refractivity contribution in [1.29, 1.82) is 0 Å². The number of ketones is 1. The Labute approximate surface area is 198 Å². The molecule has 3 aromatic rings. The number of benzene rings is 2. The zero-order chi connectivity index (χ0) is 24.1. The van der Waals surface area contributed by atoms with Crippen LogP contribution in [-0.2, 0) is 9.47 Å². The summed E-state index contributed by atoms with van der Waals surface area (Å²) in [6.07, 6.45) is 4.73. The normalized spacial score (nSPS) is 17.3. The van der Waals surface area contributed by atoms with Gasteiger partial charge in [-0.25, -0.2) is 9.07 Å². The Morgan fingerprint density at radius 3 is 2.47 bits per heavy atom. The lowest BCUT2D eigenvalue weighted by atomic mass is 9.91. The van der Waals surface area contributed by atoms with Gasteiger partial charge >= 0.3 is 0 Å². The van der Waals surface area contributed by atoms with E-state index in [1.807, 2.05) is 19.9 Å². The monoisotopic (exact) mass is 467 g/mol. The van der Waals surface area contributed by atoms with Gasteiger partial charge in [0.05, 0.1) is 36.8 Å². The Bertz CT molecular complexity index is 1110. The van der Waals surface area contributed by atoms with E-state index in [4.69, 9.17) is 19.9 Å². The zero-order valence-electron chi connectivity index (χ0n) is 19.5. The highest BCUT2D eigenvalue weighted by atomic mass is 19.1. The van der Waals surface area contributed by atoms with E-state index in [1.165, 1.54) is 23.0 Å². The van der Waals surface area contributed by atoms with Crippen LogP contribution in [0, 0.1) is 5.82 Å². The number of nitrogens with zero attached hydrogens (tertiary/aromatic N) is 2. The van der Waals surface area contributed by atoms with E-state index in [2.05, 4.69) is 5.10 Å². The Morgan fingerprint density at radius 2 is 1.79 bits per heavy atom. The third kappa shape index (κ3) is 4.98. The number of carbonyl (C=O) groups is 1. The summed E-state index contributed by atoms with van der Waals surface area (Å²) < 4.78 is 32.3. The molecule has 180 valence electrons. The van der Waals surface area contributed by atoms with Crippen LogP contribution in [0.3, 0.4) is 0 Å². The van der Waals surface area contributed by atoms with Crippen LogP contribution < -0.4 is 10.5 Å². The first-order chi connectivity index (χ1) is 16.5. The molecule has 2 N–H and O–H groups in total. The molecule has 1 aliphatic carbocycles. The first-order valence-corrected chi connectivity index (χ1v) is 11.7. The molecule has 0 bridgehead atoms. The molecule has 5 rings (SSSR count). The molecule has 2 heterocycles. The minimum atomic E-state index is -0.431. The summed E-state index contributed by atoms with van der Waals surface area (Å²) in [5.74, 6) is -0.211. The van der Waals surface area contributed by atoms with Crippen molar-refractivity contribution >= 4 is 11.6 Å². The van der Waals surface area contributed by atoms with Gasteiger partial charge in [0.1, 0.15) is 17.4 Å². The summed E-state index contributed by atoms with van der Waals surface area (Å²) in [7, 11) is 0. The standard InChI is InChI=1S/C24H24FN3O4.C2H6/c25-17-4-6-18(7-5-17)28-23(26)21(15-27-28)22(29)16-2-1-3-20(14-16)32-19-8-10-24(11-9-19)30-12-13-31-24;1-2/h1-7,14-15,19H,8-13,26H2;1-2H3. The van der Waals surface area contributed by atoms with Crippen LogP contribution in [0.5, 0.6) is 5.75 Å². The van der Waals surface area contributed by atoms with Crippen molar-refractivity contribution in [2.24, 2.45) is 0 Å². The summed E-state index contributed by atoms with van der Waals surface area (Å²) in [6.45, 7) is 5.30. The number of hydrogen-bond donors (Lipinski definition) is 1. The van der Waals surface area contributed by atoms with Gasteiger partial charge in [-0.15, -0.1) is 0 Å². The zero-order valence-corrected chi connectivity index (χ0v) is 19.5. The second-order valence-electron chi connectivity index (χ2n) is 8.11. The third-order valence-electron chi connectivity index (χ3n) is 6.03. The fraction of sp³-hybridized carbons (Fsp3) is 0.385. The van der Waals surface area contributed by atoms with E-state index in [1.54, 1.807) is 30.3 Å². The molecule has 8 heteroatoms. The van der Waals surface area contributed by atoms with Crippen LogP contribution in [0.1, 0.15) is 55.5 Å². The molecule has 1 aliphatic heterocycles. The lowest BCUT2D eigenvalue weighted by molar-refractivity contribution is -0.186. The highest BCUT2D eigenvalue weighted by molar-refractivity contribution is 6.11. The van der Waals surface area contributed by atoms with E-state index in [-0.39, 0.29) is 29.1 Å². The van der Waals surface area contributed by atoms with Gasteiger partial charge < -0.3 is 19.9 Å². The number of nitrogens with two attached hydrogens (primary N) is 1. The molecule has 0 atom stereocenters. The van der Waals surface area contributed by atoms with Gasteiger partial charge in [0.25, 0.3) is 0 Å². The summed E-state index contributed by atoms with van der Waals surface area (Å²) in [6, 6.07) is 12.8. The van der Waals surface area contributed by atoms with Gasteiger partial charge in [-0.3, -0.25) is 4.79 Å². The van der Waals surface area contributed by atoms with Crippen LogP contribution in [-0.4, -0.2) is 40.7 Å². The fourth-order valence-electron chi connectivity index (χ4n) is 4.31. The van der Waals surface area contributed by atoms with Crippen molar-refractivity contribution in [3.8, 4) is 11.4 Å². The molecule has 2 fully saturated rings. The second kappa shape index (κ2) is 10.4. The number of rotatable bonds is 5. The number of carbonyl (C=O) groups excluding carboxylic acids is 1. The van der Waals surface area contributed by atoms with Gasteiger partial charge in [0.2, 0.25) is 0 Å². The minimum Gasteiger partial charge on any atom is -0.490 e. The highest BCUT2D eigenvalue weighted by Crippen LogP contribution is 2.37. The summed E-state index contributed by atoms with van der Waals surface area (Å²) in [5, 5.41) is 4.21. The highest BCUT2D eigenvalue weighted by Gasteiger charge is 2.40. The molecule has 2 aliphatic rings. The lowest BCUT2D eigenvalue weighted by Gasteiger charge is -2.35. The molecule has 1 spiro atoms. The van der Waals surface area contributed by atoms with Crippen molar-refractivity contribution in [2.75, 3.05) is 18.9 Å². The fourth-order valence-corrected chi connectivity index (χ4v) is 4.31. The van der Waals surface area contributed by atoms with E-state index >= 15 is 0 Å². The second-order valence-corrected chi connectivity index (χ2v) is 8.11. The van der Waals surface area contributed by atoms with Crippen LogP contribution >= 0.6 is 0 Å². The Morgan fingerprint density at radius 1 is 1.12 bits per heavy atom. The molecule has 34 heavy (non-hydrogen) atoms. The number of ether oxygens (including phenoxy) is 3. The van der Waals surface area contributed by atoms with Gasteiger partial charge in [-0.2, -0.15) is 5.10 Å². The van der Waals surface area contributed by atoms with Gasteiger partial charge in [0.15, 0.2) is 11.6 Å². The Hall–Kier alpha value is -3.23. The molecule has 0 unspecified atom stereocenters. The maximum atomic E-state index is 13.2. The number of hydrogen-bond acceptors (Lipinski definition) is 6. The molecular formula is C26H30FN3O4. The molecule has 1 saturated carbocycles. The predicted molar refractivity (Wildman–Crippen MR) is 127 cm³/mol. The minimum absolute atomic E-state index is 0.0464. The van der Waals surface area contributed by atoms with Gasteiger partial charge in [-0.05, 0) is 49.2 Å². The quantitative estimate of drug-likeness (QED) is 0.536. The average molecular weight is 468 g/mol. The summed E-state index contributed by atoms with van der Waals surface area (Å²) in [4.78, 5) is 13.1. The molecular weight excluding hydrogens is 437 g/mol. The lowest BCUT2D eigenvalue weighted by Crippen LogP contribution is -2.38. The largest absolute Gasteiger partial charge is 0.490 e. The molecule has 0 amide bonds. The van der Waals surface area contributed by atoms with Crippen LogP contribution in [0.2, 0.25) is 0 Å². The number of halogens is 1. The topological polar surface area (TPSA) is 88.6 Å². The van der Waals surface area contributed by atoms with Crippen molar-refractivity contribution in [3.05, 3.63) is 71.7 Å². The van der Waals surface area contributed by atoms with Crippen LogP contribution in [0.4, 0.5) is 10.2 Å². The SMILES string of the molecule is CC.Nc1c(C(=O)c2cccc(OC3CCC4(CC3)OCCO4)c2)cnn1-c1ccc(F)cc1. The van der Waals surface area contributed by atoms with E-state index in [9.17, 15) is 9.18 Å². The van der Waals surface area contributed by atoms with E-state index < -0.39 is 5.79 Å². The van der Waals surface area contributed by atoms with Crippen molar-refractivity contribution in [3.63, 3.8) is 0 Å². The van der Waals surface area contributed by atoms with Gasteiger partial charge in [-0.1, -0.05) is 26.0 Å². The van der Waals surface area contributed by atoms with Crippen molar-refractivity contribution in [1.82, 2.24) is 9.78 Å². The van der Waals surface area contributed by atoms with Crippen molar-refractivity contribution in [2.45, 2.75) is 51.4 Å². The number of anilines is 1. The smallest absolute Gasteiger partial charge is 0.198 e. The van der Waals surface area contributed by atoms with E-state index in [0.717, 1.165) is 25.7 Å². The van der Waals surface area contributed by atoms with Crippen molar-refractivity contribution < 1.29 is 23.4 Å². The number of aromatic nitrogens is 2. The van der Waals surface area contributed by atoms with Crippen LogP contribution in [0.25, 0.3) is 5.69 Å². The molecule has 1 saturated heterocycles. The first-order valence-electron chi connectivity index (χ1n) is 11.7. The summed E-state index contributed by atoms with van der Waals surface area (Å²) >= 11 is 0. The maximum absolute atomic E-state index is 13.2. The van der Waals surface area contributed by atoms with Gasteiger partial charge in [0, 0.05) is 18.4 Å².